The van der Waals surface area contributed by atoms with E-state index >= 15 is 0 Å². The number of hydrogen-bond donors (Lipinski definition) is 2. The fourth-order valence-corrected chi connectivity index (χ4v) is 3.06. The first kappa shape index (κ1) is 14.8. The average Bonchev–Trinajstić information content (AvgIpc) is 2.85. The van der Waals surface area contributed by atoms with Crippen LogP contribution in [0.3, 0.4) is 0 Å². The minimum Gasteiger partial charge on any atom is -0.475 e. The van der Waals surface area contributed by atoms with Gasteiger partial charge in [0.15, 0.2) is 0 Å². The Hall–Kier alpha value is -1.64. The SMILES string of the molecule is O=C(O)c1ccc(CNS(=O)(=O)c2cccc(Br)c2)o1. The van der Waals surface area contributed by atoms with E-state index in [1.165, 1.54) is 24.3 Å². The van der Waals surface area contributed by atoms with Crippen LogP contribution in [-0.4, -0.2) is 19.5 Å². The molecule has 0 unspecified atom stereocenters. The maximum absolute atomic E-state index is 12.0. The molecule has 2 N–H and O–H groups in total. The smallest absolute Gasteiger partial charge is 0.371 e. The van der Waals surface area contributed by atoms with Gasteiger partial charge in [0.25, 0.3) is 0 Å². The third-order valence-electron chi connectivity index (χ3n) is 2.42. The number of carboxylic acid groups (broad SMARTS) is 1. The molecule has 0 saturated heterocycles. The van der Waals surface area contributed by atoms with Gasteiger partial charge < -0.3 is 9.52 Å². The Morgan fingerprint density at radius 2 is 2.05 bits per heavy atom. The van der Waals surface area contributed by atoms with Crippen molar-refractivity contribution in [2.75, 3.05) is 0 Å². The van der Waals surface area contributed by atoms with Crippen molar-refractivity contribution in [1.82, 2.24) is 4.72 Å². The molecule has 0 spiro atoms. The Bertz CT molecular complexity index is 738. The van der Waals surface area contributed by atoms with Crippen molar-refractivity contribution in [2.45, 2.75) is 11.4 Å². The molecule has 0 fully saturated rings. The van der Waals surface area contributed by atoms with Gasteiger partial charge in [0.1, 0.15) is 5.76 Å². The second kappa shape index (κ2) is 5.78. The molecule has 0 aliphatic heterocycles. The van der Waals surface area contributed by atoms with Gasteiger partial charge in [-0.2, -0.15) is 0 Å². The Morgan fingerprint density at radius 3 is 2.65 bits per heavy atom. The quantitative estimate of drug-likeness (QED) is 0.852. The lowest BCUT2D eigenvalue weighted by molar-refractivity contribution is 0.0660. The van der Waals surface area contributed by atoms with E-state index in [2.05, 4.69) is 20.7 Å². The van der Waals surface area contributed by atoms with Gasteiger partial charge in [-0.25, -0.2) is 17.9 Å². The Morgan fingerprint density at radius 1 is 1.30 bits per heavy atom. The number of hydrogen-bond acceptors (Lipinski definition) is 4. The zero-order valence-electron chi connectivity index (χ0n) is 10.0. The fourth-order valence-electron chi connectivity index (χ4n) is 1.47. The van der Waals surface area contributed by atoms with E-state index in [4.69, 9.17) is 9.52 Å². The number of sulfonamides is 1. The first-order valence-corrected chi connectivity index (χ1v) is 7.73. The Balaban J connectivity index is 2.11. The molecule has 6 nitrogen and oxygen atoms in total. The number of furan rings is 1. The van der Waals surface area contributed by atoms with Gasteiger partial charge in [0, 0.05) is 4.47 Å². The second-order valence-electron chi connectivity index (χ2n) is 3.85. The van der Waals surface area contributed by atoms with Crippen molar-refractivity contribution in [3.63, 3.8) is 0 Å². The van der Waals surface area contributed by atoms with Crippen molar-refractivity contribution in [3.05, 3.63) is 52.4 Å². The highest BCUT2D eigenvalue weighted by atomic mass is 79.9. The monoisotopic (exact) mass is 359 g/mol. The minimum atomic E-state index is -3.68. The number of carboxylic acids is 1. The van der Waals surface area contributed by atoms with E-state index in [1.54, 1.807) is 12.1 Å². The van der Waals surface area contributed by atoms with Crippen LogP contribution in [-0.2, 0) is 16.6 Å². The van der Waals surface area contributed by atoms with E-state index in [-0.39, 0.29) is 23.0 Å². The predicted molar refractivity (Wildman–Crippen MR) is 73.8 cm³/mol. The van der Waals surface area contributed by atoms with Crippen LogP contribution in [0.4, 0.5) is 0 Å². The summed E-state index contributed by atoms with van der Waals surface area (Å²) >= 11 is 3.19. The summed E-state index contributed by atoms with van der Waals surface area (Å²) in [6, 6.07) is 8.92. The van der Waals surface area contributed by atoms with E-state index < -0.39 is 16.0 Å². The maximum atomic E-state index is 12.0. The molecule has 106 valence electrons. The molecule has 2 rings (SSSR count). The molecule has 8 heteroatoms. The van der Waals surface area contributed by atoms with Crippen LogP contribution < -0.4 is 4.72 Å². The van der Waals surface area contributed by atoms with E-state index in [9.17, 15) is 13.2 Å². The lowest BCUT2D eigenvalue weighted by Gasteiger charge is -2.05. The summed E-state index contributed by atoms with van der Waals surface area (Å²) in [6.07, 6.45) is 0. The molecule has 0 aliphatic carbocycles. The van der Waals surface area contributed by atoms with Crippen molar-refractivity contribution in [1.29, 1.82) is 0 Å². The van der Waals surface area contributed by atoms with Crippen LogP contribution in [0, 0.1) is 0 Å². The molecule has 0 amide bonds. The third kappa shape index (κ3) is 3.47. The zero-order chi connectivity index (χ0) is 14.8. The maximum Gasteiger partial charge on any atom is 0.371 e. The Labute approximate surface area is 123 Å². The molecular formula is C12H10BrNO5S. The molecule has 1 aromatic carbocycles. The molecule has 1 heterocycles. The molecule has 20 heavy (non-hydrogen) atoms. The van der Waals surface area contributed by atoms with Crippen LogP contribution in [0.1, 0.15) is 16.3 Å². The molecule has 0 bridgehead atoms. The number of nitrogens with one attached hydrogen (secondary N) is 1. The van der Waals surface area contributed by atoms with Crippen molar-refractivity contribution in [3.8, 4) is 0 Å². The summed E-state index contributed by atoms with van der Waals surface area (Å²) < 4.78 is 32.0. The van der Waals surface area contributed by atoms with Gasteiger partial charge in [0.05, 0.1) is 11.4 Å². The zero-order valence-corrected chi connectivity index (χ0v) is 12.4. The van der Waals surface area contributed by atoms with Crippen molar-refractivity contribution < 1.29 is 22.7 Å². The van der Waals surface area contributed by atoms with Gasteiger partial charge in [-0.15, -0.1) is 0 Å². The molecule has 2 aromatic rings. The molecule has 0 atom stereocenters. The number of aromatic carboxylic acids is 1. The molecule has 0 saturated carbocycles. The van der Waals surface area contributed by atoms with Gasteiger partial charge in [0.2, 0.25) is 15.8 Å². The first-order chi connectivity index (χ1) is 9.38. The topological polar surface area (TPSA) is 96.6 Å². The van der Waals surface area contributed by atoms with E-state index in [1.807, 2.05) is 0 Å². The van der Waals surface area contributed by atoms with Crippen molar-refractivity contribution in [2.24, 2.45) is 0 Å². The average molecular weight is 360 g/mol. The summed E-state index contributed by atoms with van der Waals surface area (Å²) in [7, 11) is -3.68. The van der Waals surface area contributed by atoms with Crippen LogP contribution in [0.25, 0.3) is 0 Å². The fraction of sp³-hybridized carbons (Fsp3) is 0.0833. The summed E-state index contributed by atoms with van der Waals surface area (Å²) in [5.74, 6) is -1.21. The second-order valence-corrected chi connectivity index (χ2v) is 6.54. The van der Waals surface area contributed by atoms with Crippen LogP contribution in [0.15, 0.2) is 50.2 Å². The molecular weight excluding hydrogens is 350 g/mol. The molecule has 1 aromatic heterocycles. The third-order valence-corrected chi connectivity index (χ3v) is 4.31. The predicted octanol–water partition coefficient (Wildman–Crippen LogP) is 2.22. The lowest BCUT2D eigenvalue weighted by Crippen LogP contribution is -2.23. The summed E-state index contributed by atoms with van der Waals surface area (Å²) in [5.41, 5.74) is 0. The summed E-state index contributed by atoms with van der Waals surface area (Å²) in [5, 5.41) is 8.70. The largest absolute Gasteiger partial charge is 0.475 e. The Kier molecular flexibility index (Phi) is 4.26. The van der Waals surface area contributed by atoms with Gasteiger partial charge in [-0.05, 0) is 30.3 Å². The highest BCUT2D eigenvalue weighted by Crippen LogP contribution is 2.16. The molecule has 0 aliphatic rings. The highest BCUT2D eigenvalue weighted by molar-refractivity contribution is 9.10. The van der Waals surface area contributed by atoms with Crippen LogP contribution in [0.2, 0.25) is 0 Å². The number of rotatable bonds is 5. The van der Waals surface area contributed by atoms with E-state index in [0.717, 1.165) is 0 Å². The number of carbonyl (C=O) groups is 1. The first-order valence-electron chi connectivity index (χ1n) is 5.46. The highest BCUT2D eigenvalue weighted by Gasteiger charge is 2.15. The summed E-state index contributed by atoms with van der Waals surface area (Å²) in [6.45, 7) is -0.123. The lowest BCUT2D eigenvalue weighted by atomic mass is 10.4. The van der Waals surface area contributed by atoms with Crippen molar-refractivity contribution >= 4 is 31.9 Å². The summed E-state index contributed by atoms with van der Waals surface area (Å²) in [4.78, 5) is 10.7. The van der Waals surface area contributed by atoms with Gasteiger partial charge >= 0.3 is 5.97 Å². The number of benzene rings is 1. The van der Waals surface area contributed by atoms with Gasteiger partial charge in [-0.1, -0.05) is 22.0 Å². The minimum absolute atomic E-state index is 0.108. The van der Waals surface area contributed by atoms with Crippen LogP contribution in [0.5, 0.6) is 0 Å². The van der Waals surface area contributed by atoms with E-state index in [0.29, 0.717) is 4.47 Å². The van der Waals surface area contributed by atoms with Gasteiger partial charge in [-0.3, -0.25) is 0 Å². The molecule has 0 radical (unpaired) electrons. The van der Waals surface area contributed by atoms with Crippen LogP contribution >= 0.6 is 15.9 Å². The number of halogens is 1. The normalized spacial score (nSPS) is 11.4. The standard InChI is InChI=1S/C12H10BrNO5S/c13-8-2-1-3-10(6-8)20(17,18)14-7-9-4-5-11(19-9)12(15)16/h1-6,14H,7H2,(H,15,16).